The molecule has 0 radical (unpaired) electrons. The fourth-order valence-corrected chi connectivity index (χ4v) is 1.57. The van der Waals surface area contributed by atoms with Gasteiger partial charge in [0.15, 0.2) is 0 Å². The van der Waals surface area contributed by atoms with Gasteiger partial charge >= 0.3 is 6.18 Å². The second-order valence-electron chi connectivity index (χ2n) is 3.64. The molecule has 0 fully saturated rings. The van der Waals surface area contributed by atoms with E-state index in [9.17, 15) is 13.2 Å². The minimum absolute atomic E-state index is 0.00117. The van der Waals surface area contributed by atoms with E-state index in [2.05, 4.69) is 15.3 Å². The Bertz CT molecular complexity index is 583. The van der Waals surface area contributed by atoms with Gasteiger partial charge in [-0.1, -0.05) is 11.6 Å². The molecule has 0 amide bonds. The van der Waals surface area contributed by atoms with Gasteiger partial charge in [-0.05, 0) is 18.2 Å². The Hall–Kier alpha value is -2.02. The molecule has 100 valence electrons. The third-order valence-electron chi connectivity index (χ3n) is 2.22. The molecule has 8 heteroatoms. The molecule has 0 atom stereocenters. The van der Waals surface area contributed by atoms with Crippen molar-refractivity contribution in [3.05, 3.63) is 41.2 Å². The van der Waals surface area contributed by atoms with Crippen molar-refractivity contribution >= 4 is 28.9 Å². The Morgan fingerprint density at radius 3 is 2.47 bits per heavy atom. The number of anilines is 3. The van der Waals surface area contributed by atoms with Crippen LogP contribution in [0.5, 0.6) is 0 Å². The number of benzene rings is 1. The molecule has 1 heterocycles. The zero-order chi connectivity index (χ0) is 14.0. The van der Waals surface area contributed by atoms with Gasteiger partial charge in [0.1, 0.15) is 11.6 Å². The first kappa shape index (κ1) is 13.4. The molecule has 0 aliphatic heterocycles. The quantitative estimate of drug-likeness (QED) is 0.888. The number of alkyl halides is 3. The SMILES string of the molecule is Nc1cnc(Nc2ccc(Cl)cc2C(F)(F)F)cn1. The summed E-state index contributed by atoms with van der Waals surface area (Å²) in [5, 5.41) is 2.53. The normalized spacial score (nSPS) is 11.4. The lowest BCUT2D eigenvalue weighted by Gasteiger charge is -2.14. The molecule has 0 saturated heterocycles. The van der Waals surface area contributed by atoms with Crippen LogP contribution in [0, 0.1) is 0 Å². The highest BCUT2D eigenvalue weighted by Gasteiger charge is 2.33. The van der Waals surface area contributed by atoms with Gasteiger partial charge in [0.05, 0.1) is 23.6 Å². The number of aromatic nitrogens is 2. The third-order valence-corrected chi connectivity index (χ3v) is 2.46. The Labute approximate surface area is 111 Å². The number of nitrogens with two attached hydrogens (primary N) is 1. The van der Waals surface area contributed by atoms with Gasteiger partial charge in [-0.2, -0.15) is 13.2 Å². The van der Waals surface area contributed by atoms with Crippen LogP contribution in [-0.4, -0.2) is 9.97 Å². The molecule has 2 aromatic rings. The predicted octanol–water partition coefficient (Wildman–Crippen LogP) is 3.47. The summed E-state index contributed by atoms with van der Waals surface area (Å²) < 4.78 is 38.5. The Morgan fingerprint density at radius 2 is 1.89 bits per heavy atom. The Kier molecular flexibility index (Phi) is 3.48. The molecular formula is C11H8ClF3N4. The van der Waals surface area contributed by atoms with E-state index in [1.165, 1.54) is 24.5 Å². The largest absolute Gasteiger partial charge is 0.418 e. The first-order valence-electron chi connectivity index (χ1n) is 5.07. The zero-order valence-corrected chi connectivity index (χ0v) is 10.1. The highest BCUT2D eigenvalue weighted by atomic mass is 35.5. The van der Waals surface area contributed by atoms with Crippen LogP contribution >= 0.6 is 11.6 Å². The van der Waals surface area contributed by atoms with E-state index in [0.717, 1.165) is 6.07 Å². The van der Waals surface area contributed by atoms with Gasteiger partial charge in [0.25, 0.3) is 0 Å². The van der Waals surface area contributed by atoms with Gasteiger partial charge in [-0.25, -0.2) is 9.97 Å². The summed E-state index contributed by atoms with van der Waals surface area (Å²) in [4.78, 5) is 7.55. The lowest BCUT2D eigenvalue weighted by molar-refractivity contribution is -0.136. The summed E-state index contributed by atoms with van der Waals surface area (Å²) in [6.07, 6.45) is -2.04. The molecule has 2 rings (SSSR count). The fourth-order valence-electron chi connectivity index (χ4n) is 1.40. The molecule has 1 aromatic heterocycles. The van der Waals surface area contributed by atoms with Gasteiger partial charge in [0, 0.05) is 5.02 Å². The summed E-state index contributed by atoms with van der Waals surface area (Å²) in [6.45, 7) is 0. The van der Waals surface area contributed by atoms with Crippen molar-refractivity contribution in [1.82, 2.24) is 9.97 Å². The van der Waals surface area contributed by atoms with E-state index < -0.39 is 11.7 Å². The fraction of sp³-hybridized carbons (Fsp3) is 0.0909. The zero-order valence-electron chi connectivity index (χ0n) is 9.37. The molecule has 4 nitrogen and oxygen atoms in total. The summed E-state index contributed by atoms with van der Waals surface area (Å²) in [5.74, 6) is 0.333. The van der Waals surface area contributed by atoms with Crippen LogP contribution in [0.3, 0.4) is 0 Å². The van der Waals surface area contributed by atoms with E-state index in [1.54, 1.807) is 0 Å². The van der Waals surface area contributed by atoms with E-state index in [-0.39, 0.29) is 22.3 Å². The van der Waals surface area contributed by atoms with Gasteiger partial charge in [-0.15, -0.1) is 0 Å². The molecule has 0 bridgehead atoms. The van der Waals surface area contributed by atoms with Crippen molar-refractivity contribution < 1.29 is 13.2 Å². The summed E-state index contributed by atoms with van der Waals surface area (Å²) in [5.41, 5.74) is 4.31. The van der Waals surface area contributed by atoms with Crippen LogP contribution in [0.15, 0.2) is 30.6 Å². The summed E-state index contributed by atoms with van der Waals surface area (Å²) in [7, 11) is 0. The third kappa shape index (κ3) is 3.25. The summed E-state index contributed by atoms with van der Waals surface area (Å²) in [6, 6.07) is 3.42. The number of hydrogen-bond acceptors (Lipinski definition) is 4. The van der Waals surface area contributed by atoms with Gasteiger partial charge < -0.3 is 11.1 Å². The molecule has 0 unspecified atom stereocenters. The van der Waals surface area contributed by atoms with Crippen molar-refractivity contribution in [2.24, 2.45) is 0 Å². The van der Waals surface area contributed by atoms with Crippen molar-refractivity contribution in [1.29, 1.82) is 0 Å². The minimum atomic E-state index is -4.52. The maximum absolute atomic E-state index is 12.8. The van der Waals surface area contributed by atoms with Crippen LogP contribution in [0.2, 0.25) is 5.02 Å². The van der Waals surface area contributed by atoms with Crippen molar-refractivity contribution in [3.63, 3.8) is 0 Å². The van der Waals surface area contributed by atoms with Crippen molar-refractivity contribution in [2.75, 3.05) is 11.1 Å². The lowest BCUT2D eigenvalue weighted by Crippen LogP contribution is -2.09. The van der Waals surface area contributed by atoms with Crippen molar-refractivity contribution in [2.45, 2.75) is 6.18 Å². The van der Waals surface area contributed by atoms with Crippen molar-refractivity contribution in [3.8, 4) is 0 Å². The van der Waals surface area contributed by atoms with Crippen LogP contribution in [-0.2, 0) is 6.18 Å². The second kappa shape index (κ2) is 4.93. The van der Waals surface area contributed by atoms with Crippen LogP contribution in [0.4, 0.5) is 30.5 Å². The smallest absolute Gasteiger partial charge is 0.382 e. The minimum Gasteiger partial charge on any atom is -0.382 e. The van der Waals surface area contributed by atoms with Crippen LogP contribution in [0.25, 0.3) is 0 Å². The first-order valence-corrected chi connectivity index (χ1v) is 5.45. The van der Waals surface area contributed by atoms with E-state index in [4.69, 9.17) is 17.3 Å². The van der Waals surface area contributed by atoms with Gasteiger partial charge in [0.2, 0.25) is 0 Å². The standard InChI is InChI=1S/C11H8ClF3N4/c12-6-1-2-8(7(3-6)11(13,14)15)19-10-5-17-9(16)4-18-10/h1-5H,(H2,16,17)(H,18,19). The maximum atomic E-state index is 12.8. The van der Waals surface area contributed by atoms with E-state index in [1.807, 2.05) is 0 Å². The summed E-state index contributed by atoms with van der Waals surface area (Å²) >= 11 is 5.57. The molecule has 0 saturated carbocycles. The Balaban J connectivity index is 2.37. The lowest BCUT2D eigenvalue weighted by atomic mass is 10.1. The molecule has 0 aliphatic rings. The highest BCUT2D eigenvalue weighted by Crippen LogP contribution is 2.37. The van der Waals surface area contributed by atoms with Crippen LogP contribution < -0.4 is 11.1 Å². The average Bonchev–Trinajstić information content (AvgIpc) is 2.33. The molecule has 3 N–H and O–H groups in total. The number of halogens is 4. The maximum Gasteiger partial charge on any atom is 0.418 e. The molecule has 1 aromatic carbocycles. The van der Waals surface area contributed by atoms with E-state index >= 15 is 0 Å². The predicted molar refractivity (Wildman–Crippen MR) is 66.2 cm³/mol. The highest BCUT2D eigenvalue weighted by molar-refractivity contribution is 6.30. The number of nitrogen functional groups attached to an aromatic ring is 1. The second-order valence-corrected chi connectivity index (χ2v) is 4.08. The first-order chi connectivity index (χ1) is 8.86. The molecule has 0 spiro atoms. The number of nitrogens with one attached hydrogen (secondary N) is 1. The number of rotatable bonds is 2. The van der Waals surface area contributed by atoms with Gasteiger partial charge in [-0.3, -0.25) is 0 Å². The topological polar surface area (TPSA) is 63.8 Å². The molecular weight excluding hydrogens is 281 g/mol. The average molecular weight is 289 g/mol. The Morgan fingerprint density at radius 1 is 1.16 bits per heavy atom. The number of hydrogen-bond donors (Lipinski definition) is 2. The molecule has 0 aliphatic carbocycles. The van der Waals surface area contributed by atoms with E-state index in [0.29, 0.717) is 0 Å². The van der Waals surface area contributed by atoms with Crippen LogP contribution in [0.1, 0.15) is 5.56 Å². The number of nitrogens with zero attached hydrogens (tertiary/aromatic N) is 2. The molecule has 19 heavy (non-hydrogen) atoms. The monoisotopic (exact) mass is 288 g/mol.